The summed E-state index contributed by atoms with van der Waals surface area (Å²) in [6.07, 6.45) is 9.96. The van der Waals surface area contributed by atoms with E-state index >= 15 is 0 Å². The van der Waals surface area contributed by atoms with Gasteiger partial charge in [0.2, 0.25) is 0 Å². The van der Waals surface area contributed by atoms with Gasteiger partial charge in [-0.1, -0.05) is 77.6 Å². The molecular formula is C21H41NO7. The van der Waals surface area contributed by atoms with Crippen molar-refractivity contribution in [3.8, 4) is 0 Å². The molecule has 8 nitrogen and oxygen atoms in total. The number of unbranched alkanes of at least 4 members (excludes halogenated alkanes) is 11. The number of alkyl carbamates (subject to hydrolysis) is 1. The third-order valence-corrected chi connectivity index (χ3v) is 4.89. The number of aliphatic hydroxyl groups is 4. The Bertz CT molecular complexity index is 420. The minimum Gasteiger partial charge on any atom is -0.450 e. The van der Waals surface area contributed by atoms with Crippen molar-refractivity contribution in [3.63, 3.8) is 0 Å². The van der Waals surface area contributed by atoms with Gasteiger partial charge in [-0.05, 0) is 6.42 Å². The van der Waals surface area contributed by atoms with Gasteiger partial charge in [0.1, 0.15) is 18.2 Å². The molecule has 0 aromatic rings. The normalized spacial score (nSPS) is 14.2. The average Bonchev–Trinajstić information content (AvgIpc) is 2.73. The van der Waals surface area contributed by atoms with E-state index in [0.29, 0.717) is 6.42 Å². The lowest BCUT2D eigenvalue weighted by Gasteiger charge is -2.20. The molecule has 172 valence electrons. The van der Waals surface area contributed by atoms with Crippen molar-refractivity contribution >= 4 is 11.9 Å². The molecule has 0 aliphatic carbocycles. The van der Waals surface area contributed by atoms with Gasteiger partial charge in [-0.2, -0.15) is 0 Å². The molecule has 0 rings (SSSR count). The van der Waals surface area contributed by atoms with E-state index in [1.54, 1.807) is 0 Å². The van der Waals surface area contributed by atoms with Gasteiger partial charge in [0.15, 0.2) is 5.78 Å². The highest BCUT2D eigenvalue weighted by molar-refractivity contribution is 5.91. The first-order chi connectivity index (χ1) is 14.0. The van der Waals surface area contributed by atoms with Crippen LogP contribution in [-0.2, 0) is 9.53 Å². The predicted octanol–water partition coefficient (Wildman–Crippen LogP) is 2.06. The van der Waals surface area contributed by atoms with Crippen LogP contribution in [0.2, 0.25) is 0 Å². The van der Waals surface area contributed by atoms with E-state index in [1.165, 1.54) is 57.8 Å². The molecule has 0 unspecified atom stereocenters. The zero-order valence-corrected chi connectivity index (χ0v) is 17.9. The van der Waals surface area contributed by atoms with Crippen LogP contribution in [0.25, 0.3) is 0 Å². The first-order valence-corrected chi connectivity index (χ1v) is 11.0. The fraction of sp³-hybridized carbons (Fsp3) is 0.905. The molecule has 8 heteroatoms. The summed E-state index contributed by atoms with van der Waals surface area (Å²) in [6, 6.07) is -1.40. The quantitative estimate of drug-likeness (QED) is 0.202. The molecule has 29 heavy (non-hydrogen) atoms. The summed E-state index contributed by atoms with van der Waals surface area (Å²) in [5.41, 5.74) is 0. The number of nitrogens with one attached hydrogen (secondary N) is 1. The Hall–Kier alpha value is -1.22. The number of hydrogen-bond donors (Lipinski definition) is 5. The van der Waals surface area contributed by atoms with Gasteiger partial charge in [0.25, 0.3) is 0 Å². The summed E-state index contributed by atoms with van der Waals surface area (Å²) in [5, 5.41) is 38.9. The molecule has 0 fully saturated rings. The fourth-order valence-electron chi connectivity index (χ4n) is 2.99. The summed E-state index contributed by atoms with van der Waals surface area (Å²) >= 11 is 0. The van der Waals surface area contributed by atoms with E-state index in [4.69, 9.17) is 9.84 Å². The maximum absolute atomic E-state index is 11.8. The minimum absolute atomic E-state index is 0.206. The van der Waals surface area contributed by atoms with Crippen LogP contribution in [0.3, 0.4) is 0 Å². The van der Waals surface area contributed by atoms with E-state index in [0.717, 1.165) is 12.8 Å². The number of carbonyl (C=O) groups is 2. The molecular weight excluding hydrogens is 378 g/mol. The second-order valence-electron chi connectivity index (χ2n) is 7.50. The Kier molecular flexibility index (Phi) is 18.0. The Balaban J connectivity index is 3.69. The van der Waals surface area contributed by atoms with Crippen LogP contribution >= 0.6 is 0 Å². The van der Waals surface area contributed by atoms with Gasteiger partial charge >= 0.3 is 6.09 Å². The highest BCUT2D eigenvalue weighted by Crippen LogP contribution is 2.12. The molecule has 0 aliphatic heterocycles. The van der Waals surface area contributed by atoms with Crippen LogP contribution in [0.4, 0.5) is 4.79 Å². The molecule has 0 radical (unpaired) electrons. The van der Waals surface area contributed by atoms with Crippen molar-refractivity contribution in [2.24, 2.45) is 0 Å². The summed E-state index contributed by atoms with van der Waals surface area (Å²) in [4.78, 5) is 23.5. The van der Waals surface area contributed by atoms with Crippen LogP contribution < -0.4 is 5.32 Å². The zero-order chi connectivity index (χ0) is 21.9. The second kappa shape index (κ2) is 18.8. The molecule has 0 aliphatic rings. The van der Waals surface area contributed by atoms with Gasteiger partial charge in [0, 0.05) is 0 Å². The fourth-order valence-corrected chi connectivity index (χ4v) is 2.99. The number of amides is 1. The van der Waals surface area contributed by atoms with E-state index in [2.05, 4.69) is 12.2 Å². The Morgan fingerprint density at radius 1 is 0.793 bits per heavy atom. The van der Waals surface area contributed by atoms with Crippen LogP contribution in [-0.4, -0.2) is 70.4 Å². The van der Waals surface area contributed by atoms with Crippen molar-refractivity contribution in [2.75, 3.05) is 19.8 Å². The summed E-state index contributed by atoms with van der Waals surface area (Å²) < 4.78 is 4.98. The lowest BCUT2D eigenvalue weighted by atomic mass is 10.0. The van der Waals surface area contributed by atoms with Crippen molar-refractivity contribution in [1.82, 2.24) is 5.32 Å². The molecule has 0 saturated carbocycles. The summed E-state index contributed by atoms with van der Waals surface area (Å²) in [6.45, 7) is 0.871. The molecule has 0 heterocycles. The maximum Gasteiger partial charge on any atom is 0.407 e. The molecule has 1 amide bonds. The summed E-state index contributed by atoms with van der Waals surface area (Å²) in [5.74, 6) is -0.989. The van der Waals surface area contributed by atoms with Crippen molar-refractivity contribution in [3.05, 3.63) is 0 Å². The van der Waals surface area contributed by atoms with Gasteiger partial charge in [0.05, 0.1) is 19.8 Å². The molecule has 3 atom stereocenters. The number of hydrogen-bond acceptors (Lipinski definition) is 7. The lowest BCUT2D eigenvalue weighted by molar-refractivity contribution is -0.137. The van der Waals surface area contributed by atoms with Crippen molar-refractivity contribution in [1.29, 1.82) is 0 Å². The first-order valence-electron chi connectivity index (χ1n) is 11.0. The predicted molar refractivity (Wildman–Crippen MR) is 111 cm³/mol. The van der Waals surface area contributed by atoms with Gasteiger partial charge in [-0.25, -0.2) is 4.79 Å². The molecule has 0 spiro atoms. The molecule has 0 aromatic heterocycles. The Morgan fingerprint density at radius 3 is 1.72 bits per heavy atom. The Labute approximate surface area is 174 Å². The van der Waals surface area contributed by atoms with Gasteiger partial charge in [-0.3, -0.25) is 4.79 Å². The molecule has 5 N–H and O–H groups in total. The highest BCUT2D eigenvalue weighted by Gasteiger charge is 2.31. The van der Waals surface area contributed by atoms with E-state index in [9.17, 15) is 24.9 Å². The lowest BCUT2D eigenvalue weighted by Crippen LogP contribution is -2.51. The topological polar surface area (TPSA) is 136 Å². The monoisotopic (exact) mass is 419 g/mol. The molecule has 0 bridgehead atoms. The van der Waals surface area contributed by atoms with Gasteiger partial charge in [-0.15, -0.1) is 0 Å². The average molecular weight is 420 g/mol. The highest BCUT2D eigenvalue weighted by atomic mass is 16.5. The third-order valence-electron chi connectivity index (χ3n) is 4.89. The van der Waals surface area contributed by atoms with Crippen LogP contribution in [0.15, 0.2) is 0 Å². The number of aliphatic hydroxyl groups excluding tert-OH is 4. The number of ketones is 1. The standard InChI is InChI=1S/C21H41NO7/c1-2-3-4-5-6-7-8-9-10-11-12-13-14-29-21(28)22-17(15-23)19(26)20(27)18(25)16-24/h17-18,20,23-25,27H,2-16H2,1H3,(H,22,28)/t17-,18+,20+/m0/s1. The van der Waals surface area contributed by atoms with Gasteiger partial charge < -0.3 is 30.5 Å². The largest absolute Gasteiger partial charge is 0.450 e. The second-order valence-corrected chi connectivity index (χ2v) is 7.50. The smallest absolute Gasteiger partial charge is 0.407 e. The molecule has 0 aromatic carbocycles. The van der Waals surface area contributed by atoms with E-state index in [-0.39, 0.29) is 6.61 Å². The first kappa shape index (κ1) is 27.8. The summed E-state index contributed by atoms with van der Waals surface area (Å²) in [7, 11) is 0. The number of ether oxygens (including phenoxy) is 1. The molecule has 0 saturated heterocycles. The third kappa shape index (κ3) is 14.4. The number of carbonyl (C=O) groups excluding carboxylic acids is 2. The van der Waals surface area contributed by atoms with Crippen molar-refractivity contribution < 1.29 is 34.8 Å². The van der Waals surface area contributed by atoms with Crippen molar-refractivity contribution in [2.45, 2.75) is 102 Å². The Morgan fingerprint density at radius 2 is 1.28 bits per heavy atom. The van der Waals surface area contributed by atoms with E-state index in [1.807, 2.05) is 0 Å². The van der Waals surface area contributed by atoms with Crippen LogP contribution in [0, 0.1) is 0 Å². The number of Topliss-reactive ketones (excluding diaryl/α,β-unsaturated/α-hetero) is 1. The van der Waals surface area contributed by atoms with Crippen LogP contribution in [0.5, 0.6) is 0 Å². The SMILES string of the molecule is CCCCCCCCCCCCCCOC(=O)N[C@@H](CO)C(=O)[C@H](O)[C@H](O)CO. The number of rotatable bonds is 19. The zero-order valence-electron chi connectivity index (χ0n) is 17.9. The van der Waals surface area contributed by atoms with E-state index < -0.39 is 43.3 Å². The maximum atomic E-state index is 11.8. The van der Waals surface area contributed by atoms with Crippen LogP contribution in [0.1, 0.15) is 84.0 Å². The minimum atomic E-state index is -1.89.